The van der Waals surface area contributed by atoms with E-state index >= 15 is 0 Å². The van der Waals surface area contributed by atoms with Gasteiger partial charge in [-0.2, -0.15) is 0 Å². The van der Waals surface area contributed by atoms with Gasteiger partial charge < -0.3 is 14.2 Å². The first-order chi connectivity index (χ1) is 12.1. The summed E-state index contributed by atoms with van der Waals surface area (Å²) in [5.74, 6) is 0.640. The molecule has 1 aromatic heterocycles. The molecule has 1 radical (unpaired) electrons. The first-order valence-electron chi connectivity index (χ1n) is 8.43. The third kappa shape index (κ3) is 1.80. The maximum atomic E-state index is 8.99. The molecule has 0 saturated heterocycles. The van der Waals surface area contributed by atoms with Crippen LogP contribution in [0.1, 0.15) is 25.0 Å². The van der Waals surface area contributed by atoms with E-state index in [0.29, 0.717) is 5.75 Å². The number of aromatic nitrogens is 1. The number of hydrogen-bond donors (Lipinski definition) is 1. The van der Waals surface area contributed by atoms with Crippen LogP contribution >= 0.6 is 0 Å². The first-order valence-corrected chi connectivity index (χ1v) is 8.43. The summed E-state index contributed by atoms with van der Waals surface area (Å²) in [6.07, 6.45) is 0. The molecular formula is C21H17BNO2. The van der Waals surface area contributed by atoms with E-state index in [2.05, 4.69) is 66.9 Å². The Bertz CT molecular complexity index is 1140. The molecule has 0 atom stereocenters. The standard InChI is InChI=1S/C21H17BNO2/c1-21(2)16-8-5-7-15-14-6-3-4-9-18(14)23(20(15)16)19-11-10-13(25-22-24)12-17(19)21/h3-12,24H,1-2H3. The Balaban J connectivity index is 1.99. The summed E-state index contributed by atoms with van der Waals surface area (Å²) in [4.78, 5) is 0. The van der Waals surface area contributed by atoms with E-state index in [1.807, 2.05) is 12.1 Å². The fraction of sp³-hybridized carbons (Fsp3) is 0.143. The molecule has 0 bridgehead atoms. The monoisotopic (exact) mass is 326 g/mol. The quantitative estimate of drug-likeness (QED) is 0.557. The number of hydrogen-bond acceptors (Lipinski definition) is 2. The number of para-hydroxylation sites is 2. The molecule has 1 aliphatic rings. The van der Waals surface area contributed by atoms with Crippen LogP contribution in [0.25, 0.3) is 27.5 Å². The van der Waals surface area contributed by atoms with Gasteiger partial charge >= 0.3 is 7.69 Å². The number of fused-ring (bicyclic) bond motifs is 5. The zero-order chi connectivity index (χ0) is 17.2. The summed E-state index contributed by atoms with van der Waals surface area (Å²) < 4.78 is 7.57. The van der Waals surface area contributed by atoms with Crippen molar-refractivity contribution in [3.63, 3.8) is 0 Å². The van der Waals surface area contributed by atoms with Gasteiger partial charge in [-0.3, -0.25) is 0 Å². The zero-order valence-electron chi connectivity index (χ0n) is 14.2. The van der Waals surface area contributed by atoms with Gasteiger partial charge in [-0.1, -0.05) is 50.2 Å². The minimum absolute atomic E-state index is 0.159. The minimum Gasteiger partial charge on any atom is -0.537 e. The van der Waals surface area contributed by atoms with Crippen molar-refractivity contribution in [1.29, 1.82) is 0 Å². The Morgan fingerprint density at radius 1 is 0.920 bits per heavy atom. The second-order valence-electron chi connectivity index (χ2n) is 7.08. The second-order valence-corrected chi connectivity index (χ2v) is 7.08. The van der Waals surface area contributed by atoms with E-state index in [1.54, 1.807) is 0 Å². The number of benzene rings is 3. The lowest BCUT2D eigenvalue weighted by molar-refractivity contribution is 0.452. The van der Waals surface area contributed by atoms with Crippen LogP contribution in [0, 0.1) is 0 Å². The Morgan fingerprint density at radius 3 is 2.56 bits per heavy atom. The predicted molar refractivity (Wildman–Crippen MR) is 102 cm³/mol. The van der Waals surface area contributed by atoms with Crippen molar-refractivity contribution in [3.05, 3.63) is 71.8 Å². The lowest BCUT2D eigenvalue weighted by atomic mass is 9.74. The van der Waals surface area contributed by atoms with E-state index in [-0.39, 0.29) is 5.41 Å². The highest BCUT2D eigenvalue weighted by Crippen LogP contribution is 2.47. The van der Waals surface area contributed by atoms with Crippen molar-refractivity contribution < 1.29 is 9.68 Å². The molecule has 0 aliphatic carbocycles. The van der Waals surface area contributed by atoms with Crippen LogP contribution < -0.4 is 4.65 Å². The van der Waals surface area contributed by atoms with Gasteiger partial charge in [0.15, 0.2) is 0 Å². The van der Waals surface area contributed by atoms with E-state index in [1.165, 1.54) is 38.6 Å². The fourth-order valence-corrected chi connectivity index (χ4v) is 4.26. The molecule has 0 amide bonds. The van der Waals surface area contributed by atoms with Gasteiger partial charge in [-0.25, -0.2) is 0 Å². The average molecular weight is 326 g/mol. The molecule has 3 aromatic carbocycles. The highest BCUT2D eigenvalue weighted by atomic mass is 16.5. The lowest BCUT2D eigenvalue weighted by Crippen LogP contribution is -2.26. The topological polar surface area (TPSA) is 34.4 Å². The van der Waals surface area contributed by atoms with Crippen molar-refractivity contribution in [2.45, 2.75) is 19.3 Å². The van der Waals surface area contributed by atoms with Gasteiger partial charge in [0.2, 0.25) is 0 Å². The molecule has 4 aromatic rings. The SMILES string of the molecule is CC1(C)c2cc(O[B]O)ccc2-n2c3ccccc3c3cccc1c32. The number of rotatable bonds is 2. The summed E-state index contributed by atoms with van der Waals surface area (Å²) in [6.45, 7) is 4.49. The third-order valence-electron chi connectivity index (χ3n) is 5.44. The highest BCUT2D eigenvalue weighted by Gasteiger charge is 2.35. The van der Waals surface area contributed by atoms with Crippen LogP contribution in [-0.4, -0.2) is 17.3 Å². The van der Waals surface area contributed by atoms with Gasteiger partial charge in [-0.15, -0.1) is 0 Å². The highest BCUT2D eigenvalue weighted by molar-refractivity contribution is 6.17. The molecule has 1 aliphatic heterocycles. The van der Waals surface area contributed by atoms with Crippen molar-refractivity contribution >= 4 is 29.5 Å². The summed E-state index contributed by atoms with van der Waals surface area (Å²) in [6, 6.07) is 21.1. The molecule has 3 nitrogen and oxygen atoms in total. The normalized spacial score (nSPS) is 14.5. The maximum Gasteiger partial charge on any atom is 0.569 e. The van der Waals surface area contributed by atoms with Crippen molar-refractivity contribution in [2.24, 2.45) is 0 Å². The van der Waals surface area contributed by atoms with E-state index in [4.69, 9.17) is 9.68 Å². The lowest BCUT2D eigenvalue weighted by Gasteiger charge is -2.35. The first kappa shape index (κ1) is 14.6. The molecular weight excluding hydrogens is 309 g/mol. The van der Waals surface area contributed by atoms with E-state index < -0.39 is 0 Å². The van der Waals surface area contributed by atoms with E-state index in [9.17, 15) is 0 Å². The minimum atomic E-state index is -0.159. The van der Waals surface area contributed by atoms with Crippen LogP contribution in [0.15, 0.2) is 60.7 Å². The largest absolute Gasteiger partial charge is 0.569 e. The van der Waals surface area contributed by atoms with Crippen LogP contribution in [0.2, 0.25) is 0 Å². The summed E-state index contributed by atoms with van der Waals surface area (Å²) >= 11 is 0. The summed E-state index contributed by atoms with van der Waals surface area (Å²) in [5.41, 5.74) is 5.99. The van der Waals surface area contributed by atoms with Crippen LogP contribution in [0.5, 0.6) is 5.75 Å². The third-order valence-corrected chi connectivity index (χ3v) is 5.44. The smallest absolute Gasteiger partial charge is 0.537 e. The maximum absolute atomic E-state index is 8.99. The molecule has 0 unspecified atom stereocenters. The molecule has 121 valence electrons. The Labute approximate surface area is 146 Å². The van der Waals surface area contributed by atoms with Crippen molar-refractivity contribution in [3.8, 4) is 11.4 Å². The van der Waals surface area contributed by atoms with Crippen molar-refractivity contribution in [1.82, 2.24) is 4.57 Å². The fourth-order valence-electron chi connectivity index (χ4n) is 4.26. The molecule has 0 fully saturated rings. The van der Waals surface area contributed by atoms with Gasteiger partial charge in [0.05, 0.1) is 16.7 Å². The molecule has 1 N–H and O–H groups in total. The molecule has 0 saturated carbocycles. The van der Waals surface area contributed by atoms with Crippen LogP contribution in [0.3, 0.4) is 0 Å². The number of nitrogens with zero attached hydrogens (tertiary/aromatic N) is 1. The zero-order valence-corrected chi connectivity index (χ0v) is 14.2. The molecule has 5 rings (SSSR count). The Hall–Kier alpha value is -2.72. The Kier molecular flexibility index (Phi) is 2.86. The molecule has 0 spiro atoms. The van der Waals surface area contributed by atoms with E-state index in [0.717, 1.165) is 7.69 Å². The predicted octanol–water partition coefficient (Wildman–Crippen LogP) is 4.33. The van der Waals surface area contributed by atoms with Crippen LogP contribution in [-0.2, 0) is 5.41 Å². The second kappa shape index (κ2) is 4.90. The van der Waals surface area contributed by atoms with Gasteiger partial charge in [-0.05, 0) is 35.4 Å². The van der Waals surface area contributed by atoms with Gasteiger partial charge in [0.25, 0.3) is 0 Å². The van der Waals surface area contributed by atoms with Gasteiger partial charge in [0.1, 0.15) is 5.75 Å². The summed E-state index contributed by atoms with van der Waals surface area (Å²) in [5, 5.41) is 11.5. The summed E-state index contributed by atoms with van der Waals surface area (Å²) in [7, 11) is 0.731. The molecule has 25 heavy (non-hydrogen) atoms. The molecule has 2 heterocycles. The van der Waals surface area contributed by atoms with Crippen LogP contribution in [0.4, 0.5) is 0 Å². The van der Waals surface area contributed by atoms with Gasteiger partial charge in [0, 0.05) is 16.2 Å². The average Bonchev–Trinajstić information content (AvgIpc) is 2.96. The van der Waals surface area contributed by atoms with Crippen molar-refractivity contribution in [2.75, 3.05) is 0 Å². The Morgan fingerprint density at radius 2 is 1.72 bits per heavy atom. The molecule has 4 heteroatoms.